The third kappa shape index (κ3) is 3.32. The molecule has 1 heterocycles. The van der Waals surface area contributed by atoms with E-state index >= 15 is 0 Å². The van der Waals surface area contributed by atoms with Crippen molar-refractivity contribution >= 4 is 17.6 Å². The summed E-state index contributed by atoms with van der Waals surface area (Å²) in [6.07, 6.45) is 0.334. The molecule has 0 saturated carbocycles. The van der Waals surface area contributed by atoms with Crippen LogP contribution in [-0.2, 0) is 11.2 Å². The van der Waals surface area contributed by atoms with Gasteiger partial charge in [0.15, 0.2) is 0 Å². The summed E-state index contributed by atoms with van der Waals surface area (Å²) in [6.45, 7) is 1.88. The molecule has 3 nitrogen and oxygen atoms in total. The summed E-state index contributed by atoms with van der Waals surface area (Å²) in [6, 6.07) is 12.6. The Hall–Kier alpha value is -1.87. The second-order valence-corrected chi connectivity index (χ2v) is 4.79. The number of rotatable bonds is 4. The largest absolute Gasteiger partial charge is 0.481 e. The van der Waals surface area contributed by atoms with Crippen molar-refractivity contribution < 1.29 is 9.90 Å². The lowest BCUT2D eigenvalue weighted by Gasteiger charge is -2.14. The van der Waals surface area contributed by atoms with Crippen LogP contribution in [-0.4, -0.2) is 16.1 Å². The van der Waals surface area contributed by atoms with E-state index in [2.05, 4.69) is 4.98 Å². The van der Waals surface area contributed by atoms with Crippen molar-refractivity contribution in [1.82, 2.24) is 4.98 Å². The van der Waals surface area contributed by atoms with Crippen LogP contribution in [0.3, 0.4) is 0 Å². The van der Waals surface area contributed by atoms with Crippen molar-refractivity contribution in [2.75, 3.05) is 0 Å². The average Bonchev–Trinajstić information content (AvgIpc) is 2.37. The molecule has 1 unspecified atom stereocenters. The van der Waals surface area contributed by atoms with Crippen LogP contribution in [0.5, 0.6) is 0 Å². The third-order valence-electron chi connectivity index (χ3n) is 2.94. The molecule has 1 aromatic carbocycles. The van der Waals surface area contributed by atoms with Crippen LogP contribution in [0.25, 0.3) is 0 Å². The van der Waals surface area contributed by atoms with E-state index in [0.717, 1.165) is 11.4 Å². The first-order valence-corrected chi connectivity index (χ1v) is 6.35. The number of aromatic nitrogens is 1. The Morgan fingerprint density at radius 1 is 1.26 bits per heavy atom. The lowest BCUT2D eigenvalue weighted by atomic mass is 9.94. The van der Waals surface area contributed by atoms with Crippen molar-refractivity contribution in [1.29, 1.82) is 0 Å². The number of benzene rings is 1. The molecule has 0 bridgehead atoms. The number of aliphatic carboxylic acids is 1. The van der Waals surface area contributed by atoms with Gasteiger partial charge in [-0.25, -0.2) is 0 Å². The number of nitrogens with zero attached hydrogens (tertiary/aromatic N) is 1. The molecular formula is C15H14ClNO2. The number of aryl methyl sites for hydroxylation is 1. The fraction of sp³-hybridized carbons (Fsp3) is 0.200. The second-order valence-electron chi connectivity index (χ2n) is 4.39. The number of carbonyl (C=O) groups is 1. The van der Waals surface area contributed by atoms with Crippen LogP contribution in [0.4, 0.5) is 0 Å². The van der Waals surface area contributed by atoms with Gasteiger partial charge in [0, 0.05) is 22.8 Å². The lowest BCUT2D eigenvalue weighted by Crippen LogP contribution is -2.15. The standard InChI is InChI=1S/C15H14ClNO2/c1-10-5-4-6-11(17-10)9-13(15(18)19)12-7-2-3-8-14(12)16/h2-8,13H,9H2,1H3,(H,18,19). The molecule has 1 atom stereocenters. The van der Waals surface area contributed by atoms with Gasteiger partial charge < -0.3 is 5.11 Å². The van der Waals surface area contributed by atoms with Gasteiger partial charge in [0.2, 0.25) is 0 Å². The van der Waals surface area contributed by atoms with Gasteiger partial charge >= 0.3 is 5.97 Å². The minimum atomic E-state index is -0.892. The first-order valence-electron chi connectivity index (χ1n) is 5.97. The van der Waals surface area contributed by atoms with Gasteiger partial charge in [0.05, 0.1) is 5.92 Å². The lowest BCUT2D eigenvalue weighted by molar-refractivity contribution is -0.138. The van der Waals surface area contributed by atoms with Crippen molar-refractivity contribution in [3.05, 3.63) is 64.4 Å². The van der Waals surface area contributed by atoms with Crippen LogP contribution in [0.1, 0.15) is 22.9 Å². The fourth-order valence-corrected chi connectivity index (χ4v) is 2.28. The Balaban J connectivity index is 2.32. The zero-order valence-electron chi connectivity index (χ0n) is 10.5. The van der Waals surface area contributed by atoms with Crippen LogP contribution < -0.4 is 0 Å². The van der Waals surface area contributed by atoms with E-state index in [1.807, 2.05) is 25.1 Å². The van der Waals surface area contributed by atoms with Crippen molar-refractivity contribution in [3.8, 4) is 0 Å². The van der Waals surface area contributed by atoms with Gasteiger partial charge in [-0.3, -0.25) is 9.78 Å². The number of carboxylic acid groups (broad SMARTS) is 1. The van der Waals surface area contributed by atoms with E-state index in [-0.39, 0.29) is 0 Å². The zero-order valence-corrected chi connectivity index (χ0v) is 11.3. The summed E-state index contributed by atoms with van der Waals surface area (Å²) in [4.78, 5) is 15.8. The van der Waals surface area contributed by atoms with Gasteiger partial charge in [0.1, 0.15) is 0 Å². The molecule has 98 valence electrons. The number of hydrogen-bond donors (Lipinski definition) is 1. The molecule has 19 heavy (non-hydrogen) atoms. The van der Waals surface area contributed by atoms with Gasteiger partial charge in [-0.1, -0.05) is 35.9 Å². The van der Waals surface area contributed by atoms with E-state index in [1.54, 1.807) is 24.3 Å². The monoisotopic (exact) mass is 275 g/mol. The summed E-state index contributed by atoms with van der Waals surface area (Å²) in [5.74, 6) is -1.57. The van der Waals surface area contributed by atoms with E-state index < -0.39 is 11.9 Å². The van der Waals surface area contributed by atoms with Crippen LogP contribution in [0, 0.1) is 6.92 Å². The van der Waals surface area contributed by atoms with E-state index in [1.165, 1.54) is 0 Å². The smallest absolute Gasteiger partial charge is 0.311 e. The Morgan fingerprint density at radius 3 is 2.63 bits per heavy atom. The molecule has 0 amide bonds. The maximum atomic E-state index is 11.5. The highest BCUT2D eigenvalue weighted by atomic mass is 35.5. The van der Waals surface area contributed by atoms with Crippen molar-refractivity contribution in [3.63, 3.8) is 0 Å². The SMILES string of the molecule is Cc1cccc(CC(C(=O)O)c2ccccc2Cl)n1. The summed E-state index contributed by atoms with van der Waals surface area (Å²) in [7, 11) is 0. The van der Waals surface area contributed by atoms with Crippen molar-refractivity contribution in [2.24, 2.45) is 0 Å². The zero-order chi connectivity index (χ0) is 13.8. The second kappa shape index (κ2) is 5.85. The molecule has 0 aliphatic carbocycles. The molecule has 2 rings (SSSR count). The number of pyridine rings is 1. The Kier molecular flexibility index (Phi) is 4.17. The number of carboxylic acids is 1. The molecule has 1 aromatic heterocycles. The molecule has 0 spiro atoms. The highest BCUT2D eigenvalue weighted by Gasteiger charge is 2.23. The number of halogens is 1. The first kappa shape index (κ1) is 13.6. The molecular weight excluding hydrogens is 262 g/mol. The van der Waals surface area contributed by atoms with Crippen molar-refractivity contribution in [2.45, 2.75) is 19.3 Å². The Labute approximate surface area is 116 Å². The normalized spacial score (nSPS) is 12.1. The molecule has 0 radical (unpaired) electrons. The number of hydrogen-bond acceptors (Lipinski definition) is 2. The fourth-order valence-electron chi connectivity index (χ4n) is 2.01. The molecule has 0 saturated heterocycles. The van der Waals surface area contributed by atoms with E-state index in [0.29, 0.717) is 17.0 Å². The molecule has 0 aliphatic rings. The maximum absolute atomic E-state index is 11.5. The van der Waals surface area contributed by atoms with Gasteiger partial charge in [0.25, 0.3) is 0 Å². The van der Waals surface area contributed by atoms with E-state index in [4.69, 9.17) is 11.6 Å². The minimum absolute atomic E-state index is 0.334. The van der Waals surface area contributed by atoms with E-state index in [9.17, 15) is 9.90 Å². The minimum Gasteiger partial charge on any atom is -0.481 e. The molecule has 4 heteroatoms. The van der Waals surface area contributed by atoms with Crippen LogP contribution >= 0.6 is 11.6 Å². The molecule has 0 fully saturated rings. The average molecular weight is 276 g/mol. The van der Waals surface area contributed by atoms with Gasteiger partial charge in [-0.05, 0) is 30.7 Å². The predicted molar refractivity (Wildman–Crippen MR) is 74.5 cm³/mol. The Bertz CT molecular complexity index is 598. The van der Waals surface area contributed by atoms with Gasteiger partial charge in [-0.2, -0.15) is 0 Å². The highest BCUT2D eigenvalue weighted by molar-refractivity contribution is 6.31. The summed E-state index contributed by atoms with van der Waals surface area (Å²) >= 11 is 6.08. The van der Waals surface area contributed by atoms with Crippen LogP contribution in [0.15, 0.2) is 42.5 Å². The first-order chi connectivity index (χ1) is 9.08. The van der Waals surface area contributed by atoms with Crippen LogP contribution in [0.2, 0.25) is 5.02 Å². The topological polar surface area (TPSA) is 50.2 Å². The third-order valence-corrected chi connectivity index (χ3v) is 3.28. The maximum Gasteiger partial charge on any atom is 0.311 e. The quantitative estimate of drug-likeness (QED) is 0.930. The predicted octanol–water partition coefficient (Wildman–Crippen LogP) is 3.45. The van der Waals surface area contributed by atoms with Gasteiger partial charge in [-0.15, -0.1) is 0 Å². The highest BCUT2D eigenvalue weighted by Crippen LogP contribution is 2.27. The summed E-state index contributed by atoms with van der Waals surface area (Å²) < 4.78 is 0. The summed E-state index contributed by atoms with van der Waals surface area (Å²) in [5.41, 5.74) is 2.26. The molecule has 2 aromatic rings. The Morgan fingerprint density at radius 2 is 2.00 bits per heavy atom. The summed E-state index contributed by atoms with van der Waals surface area (Å²) in [5, 5.41) is 9.87. The molecule has 0 aliphatic heterocycles. The molecule has 1 N–H and O–H groups in total.